The fourth-order valence-corrected chi connectivity index (χ4v) is 4.53. The SMILES string of the molecule is CCCCCCCCCCCCCCCCCCSc1ccc(O)c(OC)c1. The first kappa shape index (κ1) is 25.2. The van der Waals surface area contributed by atoms with Crippen LogP contribution < -0.4 is 4.74 Å². The summed E-state index contributed by atoms with van der Waals surface area (Å²) in [5, 5.41) is 9.62. The van der Waals surface area contributed by atoms with E-state index in [0.717, 1.165) is 5.75 Å². The summed E-state index contributed by atoms with van der Waals surface area (Å²) in [5.41, 5.74) is 0. The molecule has 1 aromatic rings. The van der Waals surface area contributed by atoms with Crippen LogP contribution in [0.25, 0.3) is 0 Å². The minimum absolute atomic E-state index is 0.217. The molecule has 1 N–H and O–H groups in total. The highest BCUT2D eigenvalue weighted by Gasteiger charge is 2.03. The van der Waals surface area contributed by atoms with E-state index in [1.807, 2.05) is 23.9 Å². The van der Waals surface area contributed by atoms with Gasteiger partial charge in [0.05, 0.1) is 7.11 Å². The molecule has 0 saturated carbocycles. The highest BCUT2D eigenvalue weighted by Crippen LogP contribution is 2.31. The highest BCUT2D eigenvalue weighted by molar-refractivity contribution is 7.99. The maximum absolute atomic E-state index is 9.62. The molecule has 1 aromatic carbocycles. The number of ether oxygens (including phenoxy) is 1. The van der Waals surface area contributed by atoms with Gasteiger partial charge in [0.25, 0.3) is 0 Å². The van der Waals surface area contributed by atoms with Gasteiger partial charge in [-0.1, -0.05) is 103 Å². The van der Waals surface area contributed by atoms with Crippen molar-refractivity contribution in [3.8, 4) is 11.5 Å². The minimum atomic E-state index is 0.217. The molecule has 3 heteroatoms. The van der Waals surface area contributed by atoms with Gasteiger partial charge in [0.2, 0.25) is 0 Å². The molecule has 0 aliphatic carbocycles. The molecule has 0 bridgehead atoms. The van der Waals surface area contributed by atoms with Crippen molar-refractivity contribution >= 4 is 11.8 Å². The number of methoxy groups -OCH3 is 1. The van der Waals surface area contributed by atoms with Crippen LogP contribution in [0.1, 0.15) is 110 Å². The lowest BCUT2D eigenvalue weighted by molar-refractivity contribution is 0.372. The van der Waals surface area contributed by atoms with Crippen molar-refractivity contribution in [2.75, 3.05) is 12.9 Å². The van der Waals surface area contributed by atoms with Gasteiger partial charge in [-0.25, -0.2) is 0 Å². The van der Waals surface area contributed by atoms with Gasteiger partial charge in [-0.05, 0) is 30.4 Å². The van der Waals surface area contributed by atoms with E-state index in [2.05, 4.69) is 6.92 Å². The zero-order valence-electron chi connectivity index (χ0n) is 18.5. The van der Waals surface area contributed by atoms with E-state index >= 15 is 0 Å². The van der Waals surface area contributed by atoms with Gasteiger partial charge in [0.15, 0.2) is 11.5 Å². The monoisotopic (exact) mass is 408 g/mol. The Balaban J connectivity index is 1.81. The molecule has 0 aromatic heterocycles. The fraction of sp³-hybridized carbons (Fsp3) is 0.760. The molecular weight excluding hydrogens is 364 g/mol. The third kappa shape index (κ3) is 13.4. The van der Waals surface area contributed by atoms with E-state index in [9.17, 15) is 5.11 Å². The van der Waals surface area contributed by atoms with Crippen molar-refractivity contribution in [1.82, 2.24) is 0 Å². The number of phenols is 1. The molecule has 0 amide bonds. The van der Waals surface area contributed by atoms with Crippen LogP contribution in [-0.2, 0) is 0 Å². The quantitative estimate of drug-likeness (QED) is 0.183. The number of benzene rings is 1. The van der Waals surface area contributed by atoms with Crippen LogP contribution in [0.2, 0.25) is 0 Å². The summed E-state index contributed by atoms with van der Waals surface area (Å²) >= 11 is 1.85. The zero-order valence-corrected chi connectivity index (χ0v) is 19.3. The lowest BCUT2D eigenvalue weighted by atomic mass is 10.0. The second kappa shape index (κ2) is 18.2. The first-order chi connectivity index (χ1) is 13.8. The first-order valence-corrected chi connectivity index (χ1v) is 12.8. The van der Waals surface area contributed by atoms with Gasteiger partial charge in [-0.3, -0.25) is 0 Å². The number of thioether (sulfide) groups is 1. The average Bonchev–Trinajstić information content (AvgIpc) is 2.71. The van der Waals surface area contributed by atoms with Crippen molar-refractivity contribution in [3.63, 3.8) is 0 Å². The summed E-state index contributed by atoms with van der Waals surface area (Å²) in [6, 6.07) is 5.61. The third-order valence-electron chi connectivity index (χ3n) is 5.42. The maximum atomic E-state index is 9.62. The standard InChI is InChI=1S/C25H44O2S/c1-3-4-5-6-7-8-9-10-11-12-13-14-15-16-17-18-21-28-23-19-20-24(26)25(22-23)27-2/h19-20,22,26H,3-18,21H2,1-2H3. The van der Waals surface area contributed by atoms with Crippen LogP contribution in [0.3, 0.4) is 0 Å². The van der Waals surface area contributed by atoms with Crippen LogP contribution in [0.5, 0.6) is 11.5 Å². The van der Waals surface area contributed by atoms with E-state index in [4.69, 9.17) is 4.74 Å². The molecule has 162 valence electrons. The van der Waals surface area contributed by atoms with Crippen molar-refractivity contribution in [2.24, 2.45) is 0 Å². The Kier molecular flexibility index (Phi) is 16.4. The Bertz CT molecular complexity index is 476. The fourth-order valence-electron chi connectivity index (χ4n) is 3.59. The average molecular weight is 409 g/mol. The van der Waals surface area contributed by atoms with Gasteiger partial charge < -0.3 is 9.84 Å². The molecule has 0 aliphatic heterocycles. The largest absolute Gasteiger partial charge is 0.504 e. The number of hydrogen-bond donors (Lipinski definition) is 1. The molecular formula is C25H44O2S. The van der Waals surface area contributed by atoms with Gasteiger partial charge in [-0.2, -0.15) is 0 Å². The second-order valence-electron chi connectivity index (χ2n) is 7.99. The summed E-state index contributed by atoms with van der Waals surface area (Å²) < 4.78 is 5.16. The summed E-state index contributed by atoms with van der Waals surface area (Å²) in [6.45, 7) is 2.29. The smallest absolute Gasteiger partial charge is 0.161 e. The lowest BCUT2D eigenvalue weighted by Gasteiger charge is -2.06. The molecule has 0 aliphatic rings. The van der Waals surface area contributed by atoms with Crippen molar-refractivity contribution in [3.05, 3.63) is 18.2 Å². The Morgan fingerprint density at radius 3 is 1.64 bits per heavy atom. The first-order valence-electron chi connectivity index (χ1n) is 11.8. The van der Waals surface area contributed by atoms with Gasteiger partial charge in [-0.15, -0.1) is 11.8 Å². The number of hydrogen-bond acceptors (Lipinski definition) is 3. The molecule has 0 radical (unpaired) electrons. The predicted molar refractivity (Wildman–Crippen MR) is 125 cm³/mol. The Labute approximate surface area is 178 Å². The Hall–Kier alpha value is -0.830. The minimum Gasteiger partial charge on any atom is -0.504 e. The summed E-state index contributed by atoms with van der Waals surface area (Å²) in [7, 11) is 1.60. The van der Waals surface area contributed by atoms with Crippen LogP contribution in [0, 0.1) is 0 Å². The molecule has 0 saturated heterocycles. The molecule has 0 unspecified atom stereocenters. The van der Waals surface area contributed by atoms with Crippen LogP contribution in [0.4, 0.5) is 0 Å². The summed E-state index contributed by atoms with van der Waals surface area (Å²) in [4.78, 5) is 1.18. The van der Waals surface area contributed by atoms with Crippen molar-refractivity contribution in [2.45, 2.75) is 115 Å². The maximum Gasteiger partial charge on any atom is 0.161 e. The predicted octanol–water partition coefficient (Wildman–Crippen LogP) is 8.75. The van der Waals surface area contributed by atoms with Gasteiger partial charge in [0.1, 0.15) is 0 Å². The number of phenolic OH excluding ortho intramolecular Hbond substituents is 1. The van der Waals surface area contributed by atoms with E-state index in [-0.39, 0.29) is 5.75 Å². The molecule has 0 fully saturated rings. The number of unbranched alkanes of at least 4 members (excludes halogenated alkanes) is 15. The van der Waals surface area contributed by atoms with Crippen LogP contribution in [-0.4, -0.2) is 18.0 Å². The van der Waals surface area contributed by atoms with E-state index in [1.165, 1.54) is 108 Å². The van der Waals surface area contributed by atoms with E-state index in [0.29, 0.717) is 5.75 Å². The Morgan fingerprint density at radius 2 is 1.18 bits per heavy atom. The molecule has 0 heterocycles. The van der Waals surface area contributed by atoms with Crippen LogP contribution in [0.15, 0.2) is 23.1 Å². The molecule has 2 nitrogen and oxygen atoms in total. The summed E-state index contributed by atoms with van der Waals surface area (Å²) in [6.07, 6.45) is 22.6. The topological polar surface area (TPSA) is 29.5 Å². The highest BCUT2D eigenvalue weighted by atomic mass is 32.2. The van der Waals surface area contributed by atoms with E-state index in [1.54, 1.807) is 13.2 Å². The Morgan fingerprint density at radius 1 is 0.714 bits per heavy atom. The number of aromatic hydroxyl groups is 1. The number of rotatable bonds is 19. The summed E-state index contributed by atoms with van der Waals surface area (Å²) in [5.74, 6) is 1.93. The molecule has 0 atom stereocenters. The molecule has 28 heavy (non-hydrogen) atoms. The molecule has 1 rings (SSSR count). The second-order valence-corrected chi connectivity index (χ2v) is 9.15. The molecule has 0 spiro atoms. The third-order valence-corrected chi connectivity index (χ3v) is 6.50. The van der Waals surface area contributed by atoms with Crippen molar-refractivity contribution in [1.29, 1.82) is 0 Å². The zero-order chi connectivity index (χ0) is 20.3. The lowest BCUT2D eigenvalue weighted by Crippen LogP contribution is -1.86. The van der Waals surface area contributed by atoms with Crippen molar-refractivity contribution < 1.29 is 9.84 Å². The van der Waals surface area contributed by atoms with E-state index < -0.39 is 0 Å². The van der Waals surface area contributed by atoms with Gasteiger partial charge >= 0.3 is 0 Å². The van der Waals surface area contributed by atoms with Crippen LogP contribution >= 0.6 is 11.8 Å². The normalized spacial score (nSPS) is 11.1. The van der Waals surface area contributed by atoms with Gasteiger partial charge in [0, 0.05) is 4.90 Å².